The smallest absolute Gasteiger partial charge is 0.240 e. The van der Waals surface area contributed by atoms with Gasteiger partial charge in [0.25, 0.3) is 0 Å². The zero-order valence-corrected chi connectivity index (χ0v) is 13.7. The van der Waals surface area contributed by atoms with Crippen molar-refractivity contribution in [3.05, 3.63) is 23.8 Å². The number of hydrogen-bond acceptors (Lipinski definition) is 5. The lowest BCUT2D eigenvalue weighted by atomic mass is 10.1. The maximum atomic E-state index is 12.4. The number of fused-ring (bicyclic) bond motifs is 1. The number of rotatable bonds is 5. The maximum absolute atomic E-state index is 12.4. The van der Waals surface area contributed by atoms with Crippen molar-refractivity contribution in [2.45, 2.75) is 24.3 Å². The summed E-state index contributed by atoms with van der Waals surface area (Å²) in [6, 6.07) is 5.67. The van der Waals surface area contributed by atoms with Crippen LogP contribution in [0.3, 0.4) is 0 Å². The fraction of sp³-hybridized carbons (Fsp3) is 0.600. The van der Waals surface area contributed by atoms with E-state index in [0.717, 1.165) is 44.0 Å². The Morgan fingerprint density at radius 2 is 2.14 bits per heavy atom. The van der Waals surface area contributed by atoms with Gasteiger partial charge in [-0.25, -0.2) is 13.1 Å². The van der Waals surface area contributed by atoms with Gasteiger partial charge in [-0.2, -0.15) is 0 Å². The molecule has 0 unspecified atom stereocenters. The Morgan fingerprint density at radius 3 is 2.91 bits per heavy atom. The zero-order valence-electron chi connectivity index (χ0n) is 12.8. The normalized spacial score (nSPS) is 22.3. The van der Waals surface area contributed by atoms with Crippen LogP contribution in [-0.4, -0.2) is 58.8 Å². The SMILES string of the molecule is C[C@@H]1Cc2cc(S(=O)(=O)NCCN3CCOCC3)ccc2N1. The molecule has 6 nitrogen and oxygen atoms in total. The van der Waals surface area contributed by atoms with Crippen molar-refractivity contribution in [2.24, 2.45) is 0 Å². The summed E-state index contributed by atoms with van der Waals surface area (Å²) < 4.78 is 32.7. The van der Waals surface area contributed by atoms with Crippen LogP contribution in [0.4, 0.5) is 5.69 Å². The number of nitrogens with zero attached hydrogens (tertiary/aromatic N) is 1. The number of nitrogens with one attached hydrogen (secondary N) is 2. The Bertz CT molecular complexity index is 627. The minimum Gasteiger partial charge on any atom is -0.382 e. The Balaban J connectivity index is 1.59. The quantitative estimate of drug-likeness (QED) is 0.832. The second-order valence-corrected chi connectivity index (χ2v) is 7.69. The molecule has 0 spiro atoms. The lowest BCUT2D eigenvalue weighted by molar-refractivity contribution is 0.0390. The first-order valence-electron chi connectivity index (χ1n) is 7.74. The van der Waals surface area contributed by atoms with E-state index in [0.29, 0.717) is 24.0 Å². The average Bonchev–Trinajstić information content (AvgIpc) is 2.87. The molecule has 22 heavy (non-hydrogen) atoms. The number of benzene rings is 1. The maximum Gasteiger partial charge on any atom is 0.240 e. The van der Waals surface area contributed by atoms with Gasteiger partial charge in [0.1, 0.15) is 0 Å². The Kier molecular flexibility index (Phi) is 4.67. The summed E-state index contributed by atoms with van der Waals surface area (Å²) >= 11 is 0. The van der Waals surface area contributed by atoms with Gasteiger partial charge in [0.2, 0.25) is 10.0 Å². The molecular weight excluding hydrogens is 302 g/mol. The molecule has 2 N–H and O–H groups in total. The van der Waals surface area contributed by atoms with Crippen LogP contribution in [-0.2, 0) is 21.2 Å². The first kappa shape index (κ1) is 15.7. The molecule has 1 aromatic carbocycles. The van der Waals surface area contributed by atoms with Crippen molar-refractivity contribution in [2.75, 3.05) is 44.7 Å². The van der Waals surface area contributed by atoms with Crippen LogP contribution < -0.4 is 10.0 Å². The minimum atomic E-state index is -3.44. The van der Waals surface area contributed by atoms with E-state index in [1.807, 2.05) is 6.07 Å². The van der Waals surface area contributed by atoms with Crippen LogP contribution in [0, 0.1) is 0 Å². The molecule has 0 saturated carbocycles. The number of sulfonamides is 1. The predicted octanol–water partition coefficient (Wildman–Crippen LogP) is 0.654. The molecule has 0 aromatic heterocycles. The van der Waals surface area contributed by atoms with Crippen molar-refractivity contribution in [3.63, 3.8) is 0 Å². The Labute approximate surface area is 131 Å². The molecule has 0 radical (unpaired) electrons. The molecule has 0 aliphatic carbocycles. The molecule has 1 fully saturated rings. The average molecular weight is 325 g/mol. The number of ether oxygens (including phenoxy) is 1. The van der Waals surface area contributed by atoms with Crippen LogP contribution in [0.15, 0.2) is 23.1 Å². The van der Waals surface area contributed by atoms with Crippen molar-refractivity contribution in [1.82, 2.24) is 9.62 Å². The largest absolute Gasteiger partial charge is 0.382 e. The van der Waals surface area contributed by atoms with E-state index in [-0.39, 0.29) is 0 Å². The van der Waals surface area contributed by atoms with Crippen LogP contribution in [0.5, 0.6) is 0 Å². The molecule has 1 saturated heterocycles. The van der Waals surface area contributed by atoms with Gasteiger partial charge in [0, 0.05) is 37.9 Å². The first-order chi connectivity index (χ1) is 10.5. The molecular formula is C15H23N3O3S. The van der Waals surface area contributed by atoms with E-state index in [1.54, 1.807) is 12.1 Å². The third-order valence-electron chi connectivity index (χ3n) is 4.14. The highest BCUT2D eigenvalue weighted by atomic mass is 32.2. The van der Waals surface area contributed by atoms with Crippen molar-refractivity contribution in [1.29, 1.82) is 0 Å². The lowest BCUT2D eigenvalue weighted by Gasteiger charge is -2.26. The number of morpholine rings is 1. The standard InChI is InChI=1S/C15H23N3O3S/c1-12-10-13-11-14(2-3-15(13)17-12)22(19,20)16-4-5-18-6-8-21-9-7-18/h2-3,11-12,16-17H,4-10H2,1H3/t12-/m1/s1. The van der Waals surface area contributed by atoms with Gasteiger partial charge in [-0.1, -0.05) is 0 Å². The second kappa shape index (κ2) is 6.54. The number of hydrogen-bond donors (Lipinski definition) is 2. The summed E-state index contributed by atoms with van der Waals surface area (Å²) in [4.78, 5) is 2.56. The van der Waals surface area contributed by atoms with Gasteiger partial charge in [0.15, 0.2) is 0 Å². The summed E-state index contributed by atoms with van der Waals surface area (Å²) in [5, 5.41) is 3.33. The highest BCUT2D eigenvalue weighted by Crippen LogP contribution is 2.27. The number of anilines is 1. The monoisotopic (exact) mass is 325 g/mol. The van der Waals surface area contributed by atoms with E-state index >= 15 is 0 Å². The third-order valence-corrected chi connectivity index (χ3v) is 5.60. The van der Waals surface area contributed by atoms with Crippen molar-refractivity contribution < 1.29 is 13.2 Å². The zero-order chi connectivity index (χ0) is 15.6. The summed E-state index contributed by atoms with van der Waals surface area (Å²) in [6.07, 6.45) is 0.868. The van der Waals surface area contributed by atoms with E-state index < -0.39 is 10.0 Å². The van der Waals surface area contributed by atoms with Gasteiger partial charge >= 0.3 is 0 Å². The lowest BCUT2D eigenvalue weighted by Crippen LogP contribution is -2.41. The molecule has 122 valence electrons. The first-order valence-corrected chi connectivity index (χ1v) is 9.22. The minimum absolute atomic E-state index is 0.351. The van der Waals surface area contributed by atoms with E-state index in [2.05, 4.69) is 21.9 Å². The topological polar surface area (TPSA) is 70.7 Å². The summed E-state index contributed by atoms with van der Waals surface area (Å²) in [5.41, 5.74) is 2.11. The third kappa shape index (κ3) is 3.60. The molecule has 2 aliphatic heterocycles. The van der Waals surface area contributed by atoms with E-state index in [4.69, 9.17) is 4.74 Å². The summed E-state index contributed by atoms with van der Waals surface area (Å²) in [7, 11) is -3.44. The van der Waals surface area contributed by atoms with Crippen molar-refractivity contribution >= 4 is 15.7 Å². The molecule has 1 aromatic rings. The fourth-order valence-corrected chi connectivity index (χ4v) is 4.01. The molecule has 0 amide bonds. The Morgan fingerprint density at radius 1 is 1.36 bits per heavy atom. The Hall–Kier alpha value is -1.15. The molecule has 2 heterocycles. The van der Waals surface area contributed by atoms with E-state index in [9.17, 15) is 8.42 Å². The predicted molar refractivity (Wildman–Crippen MR) is 85.7 cm³/mol. The molecule has 1 atom stereocenters. The van der Waals surface area contributed by atoms with Gasteiger partial charge in [-0.3, -0.25) is 4.90 Å². The second-order valence-electron chi connectivity index (χ2n) is 5.92. The molecule has 0 bridgehead atoms. The van der Waals surface area contributed by atoms with Crippen LogP contribution in [0.25, 0.3) is 0 Å². The highest BCUT2D eigenvalue weighted by molar-refractivity contribution is 7.89. The van der Waals surface area contributed by atoms with Crippen LogP contribution in [0.1, 0.15) is 12.5 Å². The highest BCUT2D eigenvalue weighted by Gasteiger charge is 2.21. The molecule has 3 rings (SSSR count). The van der Waals surface area contributed by atoms with Crippen LogP contribution >= 0.6 is 0 Å². The van der Waals surface area contributed by atoms with Gasteiger partial charge in [-0.15, -0.1) is 0 Å². The summed E-state index contributed by atoms with van der Waals surface area (Å²) in [6.45, 7) is 6.41. The van der Waals surface area contributed by atoms with Gasteiger partial charge in [-0.05, 0) is 37.1 Å². The van der Waals surface area contributed by atoms with E-state index in [1.165, 1.54) is 0 Å². The van der Waals surface area contributed by atoms with Crippen molar-refractivity contribution in [3.8, 4) is 0 Å². The summed E-state index contributed by atoms with van der Waals surface area (Å²) in [5.74, 6) is 0. The van der Waals surface area contributed by atoms with Gasteiger partial charge in [0.05, 0.1) is 18.1 Å². The van der Waals surface area contributed by atoms with Gasteiger partial charge < -0.3 is 10.1 Å². The van der Waals surface area contributed by atoms with Crippen LogP contribution in [0.2, 0.25) is 0 Å². The molecule has 7 heteroatoms. The molecule has 2 aliphatic rings. The fourth-order valence-electron chi connectivity index (χ4n) is 2.94.